The van der Waals surface area contributed by atoms with Crippen molar-refractivity contribution < 1.29 is 0 Å². The summed E-state index contributed by atoms with van der Waals surface area (Å²) in [6, 6.07) is 41.7. The number of hydrogen-bond acceptors (Lipinski definition) is 4. The summed E-state index contributed by atoms with van der Waals surface area (Å²) in [7, 11) is 0. The molecule has 0 saturated carbocycles. The highest BCUT2D eigenvalue weighted by Gasteiger charge is 2.25. The first-order chi connectivity index (χ1) is 17.8. The molecule has 174 valence electrons. The highest BCUT2D eigenvalue weighted by molar-refractivity contribution is 5.82. The predicted molar refractivity (Wildman–Crippen MR) is 149 cm³/mol. The van der Waals surface area contributed by atoms with E-state index in [-0.39, 0.29) is 12.1 Å². The number of fused-ring (bicyclic) bond motifs is 2. The van der Waals surface area contributed by atoms with Crippen LogP contribution in [0.5, 0.6) is 0 Å². The van der Waals surface area contributed by atoms with E-state index < -0.39 is 0 Å². The van der Waals surface area contributed by atoms with E-state index >= 15 is 0 Å². The van der Waals surface area contributed by atoms with Gasteiger partial charge in [0.25, 0.3) is 0 Å². The first-order valence-corrected chi connectivity index (χ1v) is 12.2. The van der Waals surface area contributed by atoms with Gasteiger partial charge in [-0.2, -0.15) is 0 Å². The van der Waals surface area contributed by atoms with Crippen molar-refractivity contribution in [3.8, 4) is 0 Å². The molecule has 0 unspecified atom stereocenters. The van der Waals surface area contributed by atoms with Crippen molar-refractivity contribution in [3.05, 3.63) is 145 Å². The summed E-state index contributed by atoms with van der Waals surface area (Å²) in [5.74, 6) is 0. The van der Waals surface area contributed by atoms with Gasteiger partial charge >= 0.3 is 0 Å². The Morgan fingerprint density at radius 2 is 0.833 bits per heavy atom. The topological polar surface area (TPSA) is 49.8 Å². The zero-order valence-electron chi connectivity index (χ0n) is 19.8. The molecule has 0 fully saturated rings. The van der Waals surface area contributed by atoms with Crippen LogP contribution in [0.4, 0.5) is 11.4 Å². The van der Waals surface area contributed by atoms with E-state index in [9.17, 15) is 0 Å². The lowest BCUT2D eigenvalue weighted by molar-refractivity contribution is 0.649. The van der Waals surface area contributed by atoms with Gasteiger partial charge in [0.05, 0.1) is 46.9 Å². The molecule has 6 rings (SSSR count). The Bertz CT molecular complexity index is 1480. The third kappa shape index (κ3) is 4.62. The Balaban J connectivity index is 1.43. The quantitative estimate of drug-likeness (QED) is 0.252. The van der Waals surface area contributed by atoms with Crippen molar-refractivity contribution in [2.75, 3.05) is 10.6 Å². The monoisotopic (exact) mass is 466 g/mol. The van der Waals surface area contributed by atoms with E-state index in [2.05, 4.69) is 106 Å². The van der Waals surface area contributed by atoms with E-state index in [4.69, 9.17) is 0 Å². The SMILES string of the molecule is c1ccc([C@@H](Nc2cnc3ccccc3c2)[C@H](Nc2cnc3ccccc3c2)c2ccccc2)cc1. The van der Waals surface area contributed by atoms with Gasteiger partial charge < -0.3 is 10.6 Å². The minimum absolute atomic E-state index is 0.0666. The van der Waals surface area contributed by atoms with Crippen LogP contribution >= 0.6 is 0 Å². The lowest BCUT2D eigenvalue weighted by atomic mass is 9.92. The van der Waals surface area contributed by atoms with Crippen molar-refractivity contribution in [2.45, 2.75) is 12.1 Å². The first-order valence-electron chi connectivity index (χ1n) is 12.2. The van der Waals surface area contributed by atoms with E-state index in [0.717, 1.165) is 33.2 Å². The lowest BCUT2D eigenvalue weighted by Crippen LogP contribution is -2.25. The minimum Gasteiger partial charge on any atom is -0.375 e. The second-order valence-corrected chi connectivity index (χ2v) is 8.90. The molecular formula is C32H26N4. The van der Waals surface area contributed by atoms with Crippen LogP contribution in [0.3, 0.4) is 0 Å². The predicted octanol–water partition coefficient (Wildman–Crippen LogP) is 7.79. The molecule has 2 aromatic heterocycles. The van der Waals surface area contributed by atoms with Crippen molar-refractivity contribution in [1.82, 2.24) is 9.97 Å². The van der Waals surface area contributed by atoms with Crippen LogP contribution < -0.4 is 10.6 Å². The molecule has 2 N–H and O–H groups in total. The number of hydrogen-bond donors (Lipinski definition) is 2. The van der Waals surface area contributed by atoms with Gasteiger partial charge in [-0.1, -0.05) is 97.1 Å². The number of anilines is 2. The van der Waals surface area contributed by atoms with Crippen molar-refractivity contribution in [2.24, 2.45) is 0 Å². The van der Waals surface area contributed by atoms with E-state index in [1.165, 1.54) is 11.1 Å². The van der Waals surface area contributed by atoms with Crippen LogP contribution in [0.1, 0.15) is 23.2 Å². The van der Waals surface area contributed by atoms with Crippen LogP contribution in [0.2, 0.25) is 0 Å². The Morgan fingerprint density at radius 3 is 1.28 bits per heavy atom. The molecule has 4 heteroatoms. The smallest absolute Gasteiger partial charge is 0.0757 e. The summed E-state index contributed by atoms with van der Waals surface area (Å²) >= 11 is 0. The maximum atomic E-state index is 4.69. The fourth-order valence-corrected chi connectivity index (χ4v) is 4.70. The van der Waals surface area contributed by atoms with Gasteiger partial charge in [-0.15, -0.1) is 0 Å². The number of rotatable bonds is 7. The molecule has 0 aliphatic heterocycles. The number of benzene rings is 4. The molecule has 0 amide bonds. The molecular weight excluding hydrogens is 440 g/mol. The molecule has 2 atom stereocenters. The zero-order valence-corrected chi connectivity index (χ0v) is 19.8. The summed E-state index contributed by atoms with van der Waals surface area (Å²) in [5, 5.41) is 9.81. The third-order valence-corrected chi connectivity index (χ3v) is 6.48. The van der Waals surface area contributed by atoms with E-state index in [0.29, 0.717) is 0 Å². The van der Waals surface area contributed by atoms with Crippen LogP contribution in [0, 0.1) is 0 Å². The van der Waals surface area contributed by atoms with Gasteiger partial charge in [0, 0.05) is 10.8 Å². The number of nitrogens with zero attached hydrogens (tertiary/aromatic N) is 2. The molecule has 2 heterocycles. The Labute approximate surface area is 210 Å². The van der Waals surface area contributed by atoms with Gasteiger partial charge in [-0.25, -0.2) is 0 Å². The molecule has 0 aliphatic rings. The average molecular weight is 467 g/mol. The maximum absolute atomic E-state index is 4.69. The van der Waals surface area contributed by atoms with Gasteiger partial charge in [0.2, 0.25) is 0 Å². The zero-order chi connectivity index (χ0) is 24.2. The molecule has 4 aromatic carbocycles. The van der Waals surface area contributed by atoms with Crippen LogP contribution in [0.15, 0.2) is 134 Å². The number of pyridine rings is 2. The fraction of sp³-hybridized carbons (Fsp3) is 0.0625. The van der Waals surface area contributed by atoms with Gasteiger partial charge in [-0.3, -0.25) is 9.97 Å². The summed E-state index contributed by atoms with van der Waals surface area (Å²) < 4.78 is 0. The molecule has 0 aliphatic carbocycles. The molecule has 36 heavy (non-hydrogen) atoms. The van der Waals surface area contributed by atoms with Crippen LogP contribution in [0.25, 0.3) is 21.8 Å². The standard InChI is InChI=1S/C32H26N4/c1-3-11-23(12-4-1)31(35-27-19-25-15-7-9-17-29(25)33-21-27)32(24-13-5-2-6-14-24)36-28-20-26-16-8-10-18-30(26)34-22-28/h1-22,31-32,35-36H/t31-,32-/m1/s1. The Morgan fingerprint density at radius 1 is 0.444 bits per heavy atom. The third-order valence-electron chi connectivity index (χ3n) is 6.48. The number of aromatic nitrogens is 2. The minimum atomic E-state index is -0.0666. The summed E-state index contributed by atoms with van der Waals surface area (Å²) in [6.07, 6.45) is 3.83. The van der Waals surface area contributed by atoms with E-state index in [1.54, 1.807) is 0 Å². The normalized spacial score (nSPS) is 12.8. The largest absolute Gasteiger partial charge is 0.375 e. The summed E-state index contributed by atoms with van der Waals surface area (Å²) in [6.45, 7) is 0. The van der Waals surface area contributed by atoms with Gasteiger partial charge in [0.15, 0.2) is 0 Å². The maximum Gasteiger partial charge on any atom is 0.0757 e. The van der Waals surface area contributed by atoms with Crippen molar-refractivity contribution in [3.63, 3.8) is 0 Å². The van der Waals surface area contributed by atoms with E-state index in [1.807, 2.05) is 48.8 Å². The second kappa shape index (κ2) is 9.88. The molecule has 0 bridgehead atoms. The van der Waals surface area contributed by atoms with Crippen molar-refractivity contribution in [1.29, 1.82) is 0 Å². The van der Waals surface area contributed by atoms with Crippen molar-refractivity contribution >= 4 is 33.2 Å². The summed E-state index contributed by atoms with van der Waals surface area (Å²) in [4.78, 5) is 9.37. The molecule has 4 nitrogen and oxygen atoms in total. The summed E-state index contributed by atoms with van der Waals surface area (Å²) in [5.41, 5.74) is 6.28. The molecule has 0 spiro atoms. The molecule has 6 aromatic rings. The molecule has 0 saturated heterocycles. The van der Waals surface area contributed by atoms with Gasteiger partial charge in [0.1, 0.15) is 0 Å². The van der Waals surface area contributed by atoms with Gasteiger partial charge in [-0.05, 0) is 35.4 Å². The van der Waals surface area contributed by atoms with Crippen LogP contribution in [-0.4, -0.2) is 9.97 Å². The first kappa shape index (κ1) is 21.8. The second-order valence-electron chi connectivity index (χ2n) is 8.90. The highest BCUT2D eigenvalue weighted by atomic mass is 15.0. The average Bonchev–Trinajstić information content (AvgIpc) is 2.95. The number of para-hydroxylation sites is 2. The Hall–Kier alpha value is -4.70. The fourth-order valence-electron chi connectivity index (χ4n) is 4.70. The number of nitrogens with one attached hydrogen (secondary N) is 2. The Kier molecular flexibility index (Phi) is 5.99. The highest BCUT2D eigenvalue weighted by Crippen LogP contribution is 2.36. The lowest BCUT2D eigenvalue weighted by Gasteiger charge is -2.31. The molecule has 0 radical (unpaired) electrons. The van der Waals surface area contributed by atoms with Crippen LogP contribution in [-0.2, 0) is 0 Å².